The van der Waals surface area contributed by atoms with E-state index in [1.807, 2.05) is 0 Å². The second-order valence-corrected chi connectivity index (χ2v) is 6.19. The number of hydrogen-bond donors (Lipinski definition) is 1. The number of anilines is 1. The molecule has 0 radical (unpaired) electrons. The molecule has 3 rings (SSSR count). The Bertz CT molecular complexity index is 784. The molecular weight excluding hydrogens is 331 g/mol. The number of carbonyl (C=O) groups excluding carboxylic acids is 1. The lowest BCUT2D eigenvalue weighted by Gasteiger charge is -2.22. The third kappa shape index (κ3) is 3.34. The summed E-state index contributed by atoms with van der Waals surface area (Å²) in [5.74, 6) is -0.428. The molecule has 0 unspecified atom stereocenters. The molecule has 1 N–H and O–H groups in total. The van der Waals surface area contributed by atoms with Gasteiger partial charge in [-0.3, -0.25) is 4.79 Å². The molecule has 1 aliphatic rings. The van der Waals surface area contributed by atoms with E-state index in [1.54, 1.807) is 38.3 Å². The van der Waals surface area contributed by atoms with Crippen LogP contribution in [0.4, 0.5) is 18.9 Å². The quantitative estimate of drug-likeness (QED) is 0.859. The third-order valence-corrected chi connectivity index (χ3v) is 4.72. The van der Waals surface area contributed by atoms with Crippen molar-refractivity contribution in [3.8, 4) is 5.75 Å². The van der Waals surface area contributed by atoms with E-state index in [9.17, 15) is 18.0 Å². The van der Waals surface area contributed by atoms with Crippen LogP contribution < -0.4 is 10.1 Å². The lowest BCUT2D eigenvalue weighted by Crippen LogP contribution is -2.24. The average molecular weight is 349 g/mol. The molecule has 0 saturated heterocycles. The first-order chi connectivity index (χ1) is 11.8. The predicted molar refractivity (Wildman–Crippen MR) is 88.7 cm³/mol. The van der Waals surface area contributed by atoms with Crippen LogP contribution in [0.3, 0.4) is 0 Å². The Morgan fingerprint density at radius 1 is 1.12 bits per heavy atom. The van der Waals surface area contributed by atoms with Gasteiger partial charge in [0.2, 0.25) is 5.91 Å². The van der Waals surface area contributed by atoms with Crippen molar-refractivity contribution in [2.45, 2.75) is 25.4 Å². The van der Waals surface area contributed by atoms with Crippen LogP contribution in [0.5, 0.6) is 5.75 Å². The Labute approximate surface area is 143 Å². The zero-order valence-electron chi connectivity index (χ0n) is 13.9. The molecule has 0 aliphatic carbocycles. The Morgan fingerprint density at radius 2 is 1.80 bits per heavy atom. The van der Waals surface area contributed by atoms with E-state index in [0.29, 0.717) is 5.75 Å². The van der Waals surface area contributed by atoms with Crippen LogP contribution in [0, 0.1) is 5.92 Å². The molecule has 2 atom stereocenters. The van der Waals surface area contributed by atoms with Gasteiger partial charge in [0.05, 0.1) is 12.7 Å². The minimum absolute atomic E-state index is 0.133. The molecule has 1 amide bonds. The molecule has 132 valence electrons. The van der Waals surface area contributed by atoms with Crippen molar-refractivity contribution in [2.24, 2.45) is 5.92 Å². The number of halogens is 3. The van der Waals surface area contributed by atoms with E-state index < -0.39 is 17.7 Å². The van der Waals surface area contributed by atoms with E-state index in [-0.39, 0.29) is 29.5 Å². The van der Waals surface area contributed by atoms with Gasteiger partial charge in [0.25, 0.3) is 0 Å². The number of alkyl halides is 3. The lowest BCUT2D eigenvalue weighted by molar-refractivity contribution is -0.138. The number of rotatable bonds is 2. The molecule has 25 heavy (non-hydrogen) atoms. The summed E-state index contributed by atoms with van der Waals surface area (Å²) in [4.78, 5) is 12.4. The number of nitrogens with one attached hydrogen (secondary N) is 1. The number of hydrogen-bond acceptors (Lipinski definition) is 2. The summed E-state index contributed by atoms with van der Waals surface area (Å²) in [5.41, 5.74) is 0.488. The summed E-state index contributed by atoms with van der Waals surface area (Å²) in [7, 11) is 1.54. The molecular formula is C19H18F3NO2. The Kier molecular flexibility index (Phi) is 4.45. The number of benzene rings is 2. The highest BCUT2D eigenvalue weighted by Gasteiger charge is 2.38. The molecule has 0 bridgehead atoms. The maximum absolute atomic E-state index is 13.4. The monoisotopic (exact) mass is 349 g/mol. The lowest BCUT2D eigenvalue weighted by atomic mass is 9.82. The van der Waals surface area contributed by atoms with E-state index >= 15 is 0 Å². The minimum atomic E-state index is -4.46. The molecule has 0 aromatic heterocycles. The molecule has 3 nitrogen and oxygen atoms in total. The molecule has 2 aromatic carbocycles. The standard InChI is InChI=1S/C19H18F3NO2/c1-11-14(12-6-8-13(25-2)9-7-12)10-15-16(19(20,21)22)4-3-5-17(15)23-18(11)24/h3-9,11,14H,10H2,1-2H3,(H,23,24)/t11-,14-/m0/s1. The minimum Gasteiger partial charge on any atom is -0.497 e. The summed E-state index contributed by atoms with van der Waals surface area (Å²) < 4.78 is 45.3. The third-order valence-electron chi connectivity index (χ3n) is 4.72. The number of amides is 1. The fourth-order valence-electron chi connectivity index (χ4n) is 3.27. The molecule has 0 fully saturated rings. The topological polar surface area (TPSA) is 38.3 Å². The highest BCUT2D eigenvalue weighted by Crippen LogP contribution is 2.41. The Balaban J connectivity index is 2.08. The number of methoxy groups -OCH3 is 1. The van der Waals surface area contributed by atoms with Crippen molar-refractivity contribution in [2.75, 3.05) is 12.4 Å². The van der Waals surface area contributed by atoms with Gasteiger partial charge in [-0.1, -0.05) is 25.1 Å². The predicted octanol–water partition coefficient (Wildman–Crippen LogP) is 4.63. The maximum atomic E-state index is 13.4. The second kappa shape index (κ2) is 6.43. The van der Waals surface area contributed by atoms with Crippen LogP contribution in [0.2, 0.25) is 0 Å². The first-order valence-electron chi connectivity index (χ1n) is 7.95. The van der Waals surface area contributed by atoms with E-state index in [0.717, 1.165) is 11.6 Å². The molecule has 0 saturated carbocycles. The largest absolute Gasteiger partial charge is 0.497 e. The SMILES string of the molecule is COc1ccc([C@H]2Cc3c(cccc3C(F)(F)F)NC(=O)[C@H]2C)cc1. The van der Waals surface area contributed by atoms with Crippen molar-refractivity contribution >= 4 is 11.6 Å². The zero-order valence-corrected chi connectivity index (χ0v) is 13.9. The normalized spacial score (nSPS) is 20.4. The number of carbonyl (C=O) groups is 1. The van der Waals surface area contributed by atoms with Crippen molar-refractivity contribution in [3.63, 3.8) is 0 Å². The fraction of sp³-hybridized carbons (Fsp3) is 0.316. The van der Waals surface area contributed by atoms with Crippen molar-refractivity contribution in [1.82, 2.24) is 0 Å². The van der Waals surface area contributed by atoms with Crippen LogP contribution in [-0.2, 0) is 17.4 Å². The summed E-state index contributed by atoms with van der Waals surface area (Å²) in [6, 6.07) is 11.0. The van der Waals surface area contributed by atoms with Crippen molar-refractivity contribution in [1.29, 1.82) is 0 Å². The molecule has 0 spiro atoms. The van der Waals surface area contributed by atoms with Gasteiger partial charge in [0.1, 0.15) is 5.75 Å². The second-order valence-electron chi connectivity index (χ2n) is 6.19. The first kappa shape index (κ1) is 17.3. The van der Waals surface area contributed by atoms with Crippen LogP contribution in [0.1, 0.15) is 29.5 Å². The first-order valence-corrected chi connectivity index (χ1v) is 7.95. The van der Waals surface area contributed by atoms with Crippen LogP contribution >= 0.6 is 0 Å². The van der Waals surface area contributed by atoms with Gasteiger partial charge in [-0.2, -0.15) is 13.2 Å². The van der Waals surface area contributed by atoms with Gasteiger partial charge in [-0.05, 0) is 47.7 Å². The number of fused-ring (bicyclic) bond motifs is 1. The summed E-state index contributed by atoms with van der Waals surface area (Å²) in [5, 5.41) is 2.64. The van der Waals surface area contributed by atoms with Gasteiger partial charge < -0.3 is 10.1 Å². The summed E-state index contributed by atoms with van der Waals surface area (Å²) in [6.07, 6.45) is -4.33. The van der Waals surface area contributed by atoms with Gasteiger partial charge in [0.15, 0.2) is 0 Å². The summed E-state index contributed by atoms with van der Waals surface area (Å²) in [6.45, 7) is 1.74. The van der Waals surface area contributed by atoms with E-state index in [1.165, 1.54) is 12.1 Å². The average Bonchev–Trinajstić information content (AvgIpc) is 2.71. The fourth-order valence-corrected chi connectivity index (χ4v) is 3.27. The Morgan fingerprint density at radius 3 is 2.40 bits per heavy atom. The van der Waals surface area contributed by atoms with Gasteiger partial charge >= 0.3 is 6.18 Å². The van der Waals surface area contributed by atoms with Crippen molar-refractivity contribution < 1.29 is 22.7 Å². The van der Waals surface area contributed by atoms with Crippen LogP contribution in [0.15, 0.2) is 42.5 Å². The van der Waals surface area contributed by atoms with Crippen LogP contribution in [0.25, 0.3) is 0 Å². The van der Waals surface area contributed by atoms with E-state index in [4.69, 9.17) is 4.74 Å². The van der Waals surface area contributed by atoms with Crippen molar-refractivity contribution in [3.05, 3.63) is 59.2 Å². The van der Waals surface area contributed by atoms with E-state index in [2.05, 4.69) is 5.32 Å². The van der Waals surface area contributed by atoms with Gasteiger partial charge in [-0.15, -0.1) is 0 Å². The molecule has 1 heterocycles. The molecule has 6 heteroatoms. The smallest absolute Gasteiger partial charge is 0.416 e. The van der Waals surface area contributed by atoms with Gasteiger partial charge in [0, 0.05) is 11.6 Å². The summed E-state index contributed by atoms with van der Waals surface area (Å²) >= 11 is 0. The molecule has 1 aliphatic heterocycles. The van der Waals surface area contributed by atoms with Crippen LogP contribution in [-0.4, -0.2) is 13.0 Å². The Hall–Kier alpha value is -2.50. The number of ether oxygens (including phenoxy) is 1. The van der Waals surface area contributed by atoms with Gasteiger partial charge in [-0.25, -0.2) is 0 Å². The zero-order chi connectivity index (χ0) is 18.2. The highest BCUT2D eigenvalue weighted by atomic mass is 19.4. The maximum Gasteiger partial charge on any atom is 0.416 e. The molecule has 2 aromatic rings. The highest BCUT2D eigenvalue weighted by molar-refractivity contribution is 5.95.